The molecule has 1 nitrogen and oxygen atoms in total. The van der Waals surface area contributed by atoms with E-state index in [1.807, 2.05) is 0 Å². The van der Waals surface area contributed by atoms with Crippen molar-refractivity contribution in [3.05, 3.63) is 0 Å². The summed E-state index contributed by atoms with van der Waals surface area (Å²) in [4.78, 5) is 0. The summed E-state index contributed by atoms with van der Waals surface area (Å²) in [5.74, 6) is 0. The van der Waals surface area contributed by atoms with E-state index in [1.165, 1.54) is 6.92 Å². The van der Waals surface area contributed by atoms with Gasteiger partial charge in [-0.05, 0) is 0 Å². The summed E-state index contributed by atoms with van der Waals surface area (Å²) in [6.45, 7) is 1.43. The van der Waals surface area contributed by atoms with E-state index in [0.717, 1.165) is 0 Å². The van der Waals surface area contributed by atoms with Crippen molar-refractivity contribution in [1.82, 2.24) is 0 Å². The third kappa shape index (κ3) is 20.5. The van der Waals surface area contributed by atoms with Crippen LogP contribution in [-0.2, 0) is 0 Å². The Labute approximate surface area is 31.6 Å². The highest BCUT2D eigenvalue weighted by Crippen LogP contribution is 1.21. The second-order valence-corrected chi connectivity index (χ2v) is 0.224. The molecule has 2 heteroatoms. The molecule has 0 aromatic rings. The Morgan fingerprint density at radius 1 is 1.60 bits per heavy atom. The lowest BCUT2D eigenvalue weighted by Gasteiger charge is -1.15. The number of rotatable bonds is 0. The number of nitrogens with zero attached hydrogens (tertiary/aromatic N) is 1. The van der Waals surface area contributed by atoms with Gasteiger partial charge in [-0.1, -0.05) is 7.43 Å². The molecule has 0 atom stereocenters. The molecule has 0 saturated heterocycles. The smallest absolute Gasteiger partial charge is 0.0587 e. The molecule has 0 spiro atoms. The van der Waals surface area contributed by atoms with E-state index in [0.29, 0.717) is 0 Å². The van der Waals surface area contributed by atoms with Crippen LogP contribution in [0.2, 0.25) is 0 Å². The molecule has 32 valence electrons. The predicted molar refractivity (Wildman–Crippen MR) is 20.5 cm³/mol. The van der Waals surface area contributed by atoms with Crippen molar-refractivity contribution in [2.45, 2.75) is 14.4 Å². The van der Waals surface area contributed by atoms with Gasteiger partial charge >= 0.3 is 0 Å². The Kier molecular flexibility index (Phi) is 582. The normalized spacial score (nSPS) is 1.60. The SMILES string of the molecule is C.CC#N.F. The molecule has 0 unspecified atom stereocenters. The summed E-state index contributed by atoms with van der Waals surface area (Å²) in [6, 6.07) is 1.75. The molecule has 5 heavy (non-hydrogen) atoms. The fraction of sp³-hybridized carbons (Fsp3) is 0.667. The van der Waals surface area contributed by atoms with Crippen molar-refractivity contribution in [1.29, 1.82) is 5.26 Å². The van der Waals surface area contributed by atoms with Gasteiger partial charge in [0, 0.05) is 6.92 Å². The van der Waals surface area contributed by atoms with Crippen LogP contribution in [0.15, 0.2) is 0 Å². The average Bonchev–Trinajstić information content (AvgIpc) is 0.918. The molecule has 0 aliphatic heterocycles. The summed E-state index contributed by atoms with van der Waals surface area (Å²) in [6.07, 6.45) is 0. The quantitative estimate of drug-likeness (QED) is 0.427. The van der Waals surface area contributed by atoms with Gasteiger partial charge in [-0.15, -0.1) is 0 Å². The molecule has 0 aromatic carbocycles. The Morgan fingerprint density at radius 2 is 1.60 bits per heavy atom. The lowest BCUT2D eigenvalue weighted by molar-refractivity contribution is 1.11. The maximum atomic E-state index is 7.32. The van der Waals surface area contributed by atoms with Crippen molar-refractivity contribution < 1.29 is 4.70 Å². The van der Waals surface area contributed by atoms with Crippen LogP contribution < -0.4 is 0 Å². The first-order chi connectivity index (χ1) is 1.41. The molecule has 0 amide bonds. The largest absolute Gasteiger partial charge is 0.269 e. The molecule has 0 N–H and O–H groups in total. The Balaban J connectivity index is -0.0000000200. The van der Waals surface area contributed by atoms with Crippen LogP contribution in [-0.4, -0.2) is 0 Å². The summed E-state index contributed by atoms with van der Waals surface area (Å²) in [7, 11) is 0. The van der Waals surface area contributed by atoms with Gasteiger partial charge in [0.25, 0.3) is 0 Å². The number of halogens is 1. The van der Waals surface area contributed by atoms with Crippen molar-refractivity contribution in [3.8, 4) is 6.07 Å². The van der Waals surface area contributed by atoms with E-state index < -0.39 is 0 Å². The van der Waals surface area contributed by atoms with E-state index in [1.54, 1.807) is 6.07 Å². The van der Waals surface area contributed by atoms with Gasteiger partial charge in [0.1, 0.15) is 0 Å². The van der Waals surface area contributed by atoms with Gasteiger partial charge in [-0.25, -0.2) is 0 Å². The molecular formula is C3H8FN. The molecule has 0 heterocycles. The summed E-state index contributed by atoms with van der Waals surface area (Å²) < 4.78 is 0. The van der Waals surface area contributed by atoms with Crippen LogP contribution in [0.1, 0.15) is 14.4 Å². The maximum Gasteiger partial charge on any atom is 0.0587 e. The Morgan fingerprint density at radius 3 is 1.60 bits per heavy atom. The number of hydrogen-bond donors (Lipinski definition) is 0. The molecule has 0 aliphatic rings. The molecular weight excluding hydrogens is 69.0 g/mol. The summed E-state index contributed by atoms with van der Waals surface area (Å²) in [5.41, 5.74) is 0. The van der Waals surface area contributed by atoms with Crippen LogP contribution in [0.3, 0.4) is 0 Å². The van der Waals surface area contributed by atoms with Gasteiger partial charge in [-0.3, -0.25) is 4.70 Å². The van der Waals surface area contributed by atoms with Crippen molar-refractivity contribution in [2.24, 2.45) is 0 Å². The molecule has 0 aliphatic carbocycles. The molecule has 0 bridgehead atoms. The predicted octanol–water partition coefficient (Wildman–Crippen LogP) is 1.32. The number of hydrogen-bond acceptors (Lipinski definition) is 1. The van der Waals surface area contributed by atoms with Crippen molar-refractivity contribution in [2.75, 3.05) is 0 Å². The lowest BCUT2D eigenvalue weighted by atomic mass is 11.0. The lowest BCUT2D eigenvalue weighted by Crippen LogP contribution is -1.10. The van der Waals surface area contributed by atoms with Crippen molar-refractivity contribution >= 4 is 0 Å². The first kappa shape index (κ1) is 25.6. The second kappa shape index (κ2) is 114. The third-order valence-corrected chi connectivity index (χ3v) is 0. The molecule has 0 rings (SSSR count). The first-order valence-corrected chi connectivity index (χ1v) is 0.724. The highest BCUT2D eigenvalue weighted by Gasteiger charge is 1.17. The topological polar surface area (TPSA) is 23.8 Å². The molecule has 0 radical (unpaired) electrons. The first-order valence-electron chi connectivity index (χ1n) is 0.724. The third-order valence-electron chi connectivity index (χ3n) is 0. The van der Waals surface area contributed by atoms with E-state index in [4.69, 9.17) is 5.26 Å². The standard InChI is InChI=1S/C2H3N.CH4.FH/c1-2-3;;/h1H3;1H4;1H. The van der Waals surface area contributed by atoms with Crippen LogP contribution in [0.4, 0.5) is 4.70 Å². The number of nitriles is 1. The summed E-state index contributed by atoms with van der Waals surface area (Å²) >= 11 is 0. The molecule has 0 fully saturated rings. The van der Waals surface area contributed by atoms with E-state index in [-0.39, 0.29) is 12.1 Å². The van der Waals surface area contributed by atoms with Crippen LogP contribution in [0, 0.1) is 11.3 Å². The highest BCUT2D eigenvalue weighted by atomic mass is 19.0. The van der Waals surface area contributed by atoms with E-state index in [9.17, 15) is 0 Å². The highest BCUT2D eigenvalue weighted by molar-refractivity contribution is 4.51. The zero-order chi connectivity index (χ0) is 2.71. The zero-order valence-corrected chi connectivity index (χ0v) is 2.36. The van der Waals surface area contributed by atoms with Gasteiger partial charge in [0.05, 0.1) is 6.07 Å². The van der Waals surface area contributed by atoms with Gasteiger partial charge in [0.15, 0.2) is 0 Å². The minimum Gasteiger partial charge on any atom is -0.269 e. The monoisotopic (exact) mass is 77.1 g/mol. The van der Waals surface area contributed by atoms with E-state index >= 15 is 0 Å². The van der Waals surface area contributed by atoms with Crippen LogP contribution in [0.5, 0.6) is 0 Å². The van der Waals surface area contributed by atoms with Crippen molar-refractivity contribution in [3.63, 3.8) is 0 Å². The maximum absolute atomic E-state index is 7.32. The van der Waals surface area contributed by atoms with Crippen LogP contribution in [0.25, 0.3) is 0 Å². The fourth-order valence-electron chi connectivity index (χ4n) is 0. The van der Waals surface area contributed by atoms with Gasteiger partial charge in [-0.2, -0.15) is 5.26 Å². The van der Waals surface area contributed by atoms with Crippen LogP contribution >= 0.6 is 0 Å². The van der Waals surface area contributed by atoms with Gasteiger partial charge < -0.3 is 0 Å². The molecule has 0 saturated carbocycles. The zero-order valence-electron chi connectivity index (χ0n) is 2.36. The fourth-order valence-corrected chi connectivity index (χ4v) is 0. The summed E-state index contributed by atoms with van der Waals surface area (Å²) in [5, 5.41) is 7.32. The molecule has 0 aromatic heterocycles. The minimum absolute atomic E-state index is 0. The average molecular weight is 77.1 g/mol. The van der Waals surface area contributed by atoms with Gasteiger partial charge in [0.2, 0.25) is 0 Å². The van der Waals surface area contributed by atoms with E-state index in [2.05, 4.69) is 0 Å². The Bertz CT molecular complexity index is 28.4. The minimum atomic E-state index is 0. The Hall–Kier alpha value is -0.580. The second-order valence-electron chi connectivity index (χ2n) is 0.224.